The van der Waals surface area contributed by atoms with Gasteiger partial charge in [0.1, 0.15) is 0 Å². The van der Waals surface area contributed by atoms with E-state index in [0.717, 1.165) is 0 Å². The number of hydrogen-bond acceptors (Lipinski definition) is 7. The molecule has 14 heteroatoms. The minimum Gasteiger partial charge on any atom is -0.343 e. The molecule has 2 aromatic rings. The van der Waals surface area contributed by atoms with Gasteiger partial charge in [0, 0.05) is 43.9 Å². The number of benzene rings is 2. The molecule has 1 N–H and O–H groups in total. The van der Waals surface area contributed by atoms with Gasteiger partial charge in [0.15, 0.2) is 9.84 Å². The Kier molecular flexibility index (Phi) is 11.6. The molecule has 2 aromatic carbocycles. The van der Waals surface area contributed by atoms with Crippen molar-refractivity contribution >= 4 is 66.3 Å². The average molecular weight is 688 g/mol. The molecule has 2 saturated heterocycles. The highest BCUT2D eigenvalue weighted by molar-refractivity contribution is 7.92. The van der Waals surface area contributed by atoms with Crippen LogP contribution in [0.15, 0.2) is 47.4 Å². The zero-order valence-corrected chi connectivity index (χ0v) is 28.2. The predicted molar refractivity (Wildman–Crippen MR) is 175 cm³/mol. The Balaban J connectivity index is 1.33. The van der Waals surface area contributed by atoms with Crippen molar-refractivity contribution in [3.63, 3.8) is 0 Å². The van der Waals surface area contributed by atoms with E-state index in [1.54, 1.807) is 34.9 Å². The fraction of sp³-hybridized carbons (Fsp3) is 0.533. The summed E-state index contributed by atoms with van der Waals surface area (Å²) in [6, 6.07) is 11.0. The van der Waals surface area contributed by atoms with Gasteiger partial charge in [0.25, 0.3) is 0 Å². The summed E-state index contributed by atoms with van der Waals surface area (Å²) < 4.78 is 52.6. The first kappa shape index (κ1) is 34.5. The Morgan fingerprint density at radius 1 is 0.909 bits per heavy atom. The highest BCUT2D eigenvalue weighted by Gasteiger charge is 2.33. The molecule has 0 spiro atoms. The van der Waals surface area contributed by atoms with Crippen molar-refractivity contribution in [2.24, 2.45) is 5.92 Å². The van der Waals surface area contributed by atoms with Crippen LogP contribution in [0.1, 0.15) is 46.0 Å². The second kappa shape index (κ2) is 14.8. The van der Waals surface area contributed by atoms with Crippen molar-refractivity contribution in [2.45, 2.75) is 56.1 Å². The molecule has 4 rings (SSSR count). The van der Waals surface area contributed by atoms with Crippen molar-refractivity contribution in [1.82, 2.24) is 9.80 Å². The summed E-state index contributed by atoms with van der Waals surface area (Å²) in [5, 5.41) is 0.257. The number of sulfonamides is 1. The fourth-order valence-electron chi connectivity index (χ4n) is 5.73. The van der Waals surface area contributed by atoms with Gasteiger partial charge in [-0.25, -0.2) is 16.8 Å². The zero-order chi connectivity index (χ0) is 32.1. The fourth-order valence-corrected chi connectivity index (χ4v) is 8.40. The molecular formula is C30H40Cl2N4O6S2. The largest absolute Gasteiger partial charge is 0.343 e. The van der Waals surface area contributed by atoms with Crippen molar-refractivity contribution in [2.75, 3.05) is 54.6 Å². The summed E-state index contributed by atoms with van der Waals surface area (Å²) in [6.07, 6.45) is 2.86. The molecule has 0 unspecified atom stereocenters. The third kappa shape index (κ3) is 8.66. The minimum absolute atomic E-state index is 0.00454. The molecule has 2 aliphatic rings. The molecule has 0 saturated carbocycles. The summed E-state index contributed by atoms with van der Waals surface area (Å²) in [5.41, 5.74) is 1.01. The number of halogens is 2. The van der Waals surface area contributed by atoms with Crippen molar-refractivity contribution < 1.29 is 26.4 Å². The van der Waals surface area contributed by atoms with Crippen molar-refractivity contribution in [1.29, 1.82) is 0 Å². The molecule has 0 atom stereocenters. The number of amides is 2. The van der Waals surface area contributed by atoms with Crippen LogP contribution in [0.2, 0.25) is 10.0 Å². The number of hydrogen-bond donors (Lipinski definition) is 1. The Labute approximate surface area is 270 Å². The van der Waals surface area contributed by atoms with Crippen LogP contribution >= 0.6 is 23.2 Å². The van der Waals surface area contributed by atoms with Gasteiger partial charge in [-0.1, -0.05) is 23.2 Å². The number of nitrogens with one attached hydrogen (secondary N) is 1. The molecule has 0 radical (unpaired) electrons. The summed E-state index contributed by atoms with van der Waals surface area (Å²) in [6.45, 7) is 6.58. The van der Waals surface area contributed by atoms with Crippen LogP contribution in [0.25, 0.3) is 0 Å². The van der Waals surface area contributed by atoms with Crippen molar-refractivity contribution in [3.8, 4) is 0 Å². The van der Waals surface area contributed by atoms with Crippen LogP contribution in [0, 0.1) is 5.92 Å². The number of rotatable bonds is 11. The number of carbonyl (C=O) groups is 2. The van der Waals surface area contributed by atoms with Gasteiger partial charge in [-0.15, -0.1) is 0 Å². The second-order valence-corrected chi connectivity index (χ2v) is 16.4. The second-order valence-electron chi connectivity index (χ2n) is 11.3. The molecule has 10 nitrogen and oxygen atoms in total. The summed E-state index contributed by atoms with van der Waals surface area (Å²) >= 11 is 12.4. The van der Waals surface area contributed by atoms with E-state index in [4.69, 9.17) is 23.2 Å². The maximum absolute atomic E-state index is 13.7. The first-order valence-electron chi connectivity index (χ1n) is 14.9. The van der Waals surface area contributed by atoms with Crippen molar-refractivity contribution in [3.05, 3.63) is 52.5 Å². The van der Waals surface area contributed by atoms with E-state index in [2.05, 4.69) is 9.62 Å². The van der Waals surface area contributed by atoms with Gasteiger partial charge in [-0.05, 0) is 101 Å². The lowest BCUT2D eigenvalue weighted by Gasteiger charge is -2.35. The average Bonchev–Trinajstić information content (AvgIpc) is 3.01. The van der Waals surface area contributed by atoms with Crippen LogP contribution in [0.3, 0.4) is 0 Å². The molecule has 44 heavy (non-hydrogen) atoms. The number of carbonyl (C=O) groups excluding carboxylic acids is 2. The lowest BCUT2D eigenvalue weighted by Crippen LogP contribution is -2.45. The Morgan fingerprint density at radius 2 is 1.55 bits per heavy atom. The molecule has 2 amide bonds. The summed E-state index contributed by atoms with van der Waals surface area (Å²) in [5.74, 6) is -0.243. The van der Waals surface area contributed by atoms with E-state index >= 15 is 0 Å². The summed E-state index contributed by atoms with van der Waals surface area (Å²) in [7, 11) is -7.01. The van der Waals surface area contributed by atoms with E-state index in [1.807, 2.05) is 0 Å². The maximum atomic E-state index is 13.7. The molecule has 2 heterocycles. The van der Waals surface area contributed by atoms with Gasteiger partial charge < -0.3 is 14.7 Å². The predicted octanol–water partition coefficient (Wildman–Crippen LogP) is 4.67. The van der Waals surface area contributed by atoms with Crippen LogP contribution in [0.5, 0.6) is 0 Å². The van der Waals surface area contributed by atoms with Gasteiger partial charge >= 0.3 is 0 Å². The Hall–Kier alpha value is -2.38. The van der Waals surface area contributed by atoms with Crippen LogP contribution < -0.4 is 9.62 Å². The van der Waals surface area contributed by atoms with Gasteiger partial charge in [0.2, 0.25) is 21.8 Å². The highest BCUT2D eigenvalue weighted by atomic mass is 35.5. The molecular weight excluding hydrogens is 647 g/mol. The first-order valence-corrected chi connectivity index (χ1v) is 18.8. The third-order valence-electron chi connectivity index (χ3n) is 8.44. The maximum Gasteiger partial charge on any atom is 0.232 e. The van der Waals surface area contributed by atoms with Gasteiger partial charge in [-0.3, -0.25) is 14.3 Å². The molecule has 0 bridgehead atoms. The highest BCUT2D eigenvalue weighted by Crippen LogP contribution is 2.30. The van der Waals surface area contributed by atoms with Crippen LogP contribution in [-0.2, 0) is 29.4 Å². The van der Waals surface area contributed by atoms with E-state index in [0.29, 0.717) is 92.8 Å². The normalized spacial score (nSPS) is 17.4. The number of sulfone groups is 1. The first-order chi connectivity index (χ1) is 20.8. The number of nitrogens with zero attached hydrogens (tertiary/aromatic N) is 3. The Bertz CT molecular complexity index is 1540. The molecule has 2 fully saturated rings. The van der Waals surface area contributed by atoms with E-state index in [1.165, 1.54) is 31.2 Å². The quantitative estimate of drug-likeness (QED) is 0.364. The number of anilines is 2. The zero-order valence-electron chi connectivity index (χ0n) is 25.0. The number of likely N-dealkylation sites (tertiary alicyclic amines) is 2. The van der Waals surface area contributed by atoms with Gasteiger partial charge in [-0.2, -0.15) is 0 Å². The van der Waals surface area contributed by atoms with Crippen LogP contribution in [0.4, 0.5) is 11.4 Å². The third-order valence-corrected chi connectivity index (χ3v) is 12.8. The summed E-state index contributed by atoms with van der Waals surface area (Å²) in [4.78, 5) is 31.4. The molecule has 242 valence electrons. The standard InChI is InChI=1S/C30H40Cl2N4O6S2/c1-3-43(39,40)33-24-5-8-26(9-6-24)44(41,42)27-13-17-34(18-14-27)15-4-16-36(25-7-10-28(31)29(32)21-25)30(38)23-11-19-35(20-12-23)22(2)37/h5-10,21,23,27,33H,3-4,11-20H2,1-2H3. The lowest BCUT2D eigenvalue weighted by molar-refractivity contribution is -0.133. The van der Waals surface area contributed by atoms with E-state index in [9.17, 15) is 26.4 Å². The number of piperidine rings is 2. The van der Waals surface area contributed by atoms with Gasteiger partial charge in [0.05, 0.1) is 25.9 Å². The Morgan fingerprint density at radius 3 is 2.11 bits per heavy atom. The smallest absolute Gasteiger partial charge is 0.232 e. The molecule has 0 aliphatic carbocycles. The molecule has 0 aromatic heterocycles. The minimum atomic E-state index is -3.57. The monoisotopic (exact) mass is 686 g/mol. The lowest BCUT2D eigenvalue weighted by atomic mass is 9.94. The van der Waals surface area contributed by atoms with E-state index in [-0.39, 0.29) is 28.4 Å². The molecule has 2 aliphatic heterocycles. The topological polar surface area (TPSA) is 124 Å². The van der Waals surface area contributed by atoms with E-state index < -0.39 is 25.1 Å². The SMILES string of the molecule is CCS(=O)(=O)Nc1ccc(S(=O)(=O)C2CCN(CCCN(C(=O)C3CCN(C(C)=O)CC3)c3ccc(Cl)c(Cl)c3)CC2)cc1. The van der Waals surface area contributed by atoms with Crippen LogP contribution in [-0.4, -0.2) is 88.7 Å².